The minimum atomic E-state index is -0.547. The Hall–Kier alpha value is -2.43. The lowest BCUT2D eigenvalue weighted by Gasteiger charge is -2.41. The summed E-state index contributed by atoms with van der Waals surface area (Å²) in [4.78, 5) is 37.1. The molecule has 2 bridgehead atoms. The first-order valence-corrected chi connectivity index (χ1v) is 8.63. The summed E-state index contributed by atoms with van der Waals surface area (Å²) in [6.07, 6.45) is 5.14. The summed E-state index contributed by atoms with van der Waals surface area (Å²) in [5.41, 5.74) is 0.507. The Balaban J connectivity index is 1.48. The van der Waals surface area contributed by atoms with Crippen molar-refractivity contribution in [2.75, 3.05) is 13.7 Å². The minimum Gasteiger partial charge on any atom is -0.469 e. The lowest BCUT2D eigenvalue weighted by Crippen LogP contribution is -2.47. The maximum absolute atomic E-state index is 12.7. The predicted molar refractivity (Wildman–Crippen MR) is 88.4 cm³/mol. The van der Waals surface area contributed by atoms with E-state index in [1.54, 1.807) is 24.3 Å². The number of Topliss-reactive ketones (excluding diaryl/α,β-unsaturated/α-hetero) is 1. The smallest absolute Gasteiger partial charge is 0.310 e. The van der Waals surface area contributed by atoms with Crippen LogP contribution in [0.3, 0.4) is 0 Å². The van der Waals surface area contributed by atoms with Crippen molar-refractivity contribution in [3.05, 3.63) is 48.0 Å². The van der Waals surface area contributed by atoms with Gasteiger partial charge in [-0.3, -0.25) is 14.4 Å². The summed E-state index contributed by atoms with van der Waals surface area (Å²) in [5, 5.41) is 0. The van der Waals surface area contributed by atoms with Crippen LogP contribution >= 0.6 is 0 Å². The SMILES string of the molecule is COC(=O)[C@H]1[C@@H]2C=C[C@H]([C@H]3C[C@H]23)[C@@H]1C(=O)OCC(=O)c1ccccc1. The van der Waals surface area contributed by atoms with Crippen LogP contribution in [0.15, 0.2) is 42.5 Å². The maximum Gasteiger partial charge on any atom is 0.310 e. The number of ether oxygens (including phenoxy) is 2. The molecule has 25 heavy (non-hydrogen) atoms. The number of rotatable bonds is 5. The van der Waals surface area contributed by atoms with E-state index in [1.807, 2.05) is 12.1 Å². The molecule has 5 rings (SSSR count). The van der Waals surface area contributed by atoms with Crippen LogP contribution < -0.4 is 0 Å². The molecule has 6 atom stereocenters. The first-order chi connectivity index (χ1) is 12.1. The zero-order valence-corrected chi connectivity index (χ0v) is 14.0. The van der Waals surface area contributed by atoms with E-state index in [4.69, 9.17) is 9.47 Å². The number of methoxy groups -OCH3 is 1. The van der Waals surface area contributed by atoms with Gasteiger partial charge < -0.3 is 9.47 Å². The molecule has 0 N–H and O–H groups in total. The number of hydrogen-bond donors (Lipinski definition) is 0. The number of ketones is 1. The molecule has 0 unspecified atom stereocenters. The number of carbonyl (C=O) groups excluding carboxylic acids is 3. The van der Waals surface area contributed by atoms with Crippen LogP contribution in [-0.4, -0.2) is 31.4 Å². The Bertz CT molecular complexity index is 738. The molecular weight excluding hydrogens is 320 g/mol. The first-order valence-electron chi connectivity index (χ1n) is 8.63. The molecule has 4 aliphatic rings. The van der Waals surface area contributed by atoms with Crippen LogP contribution in [0.25, 0.3) is 0 Å². The van der Waals surface area contributed by atoms with Gasteiger partial charge in [0.1, 0.15) is 0 Å². The zero-order chi connectivity index (χ0) is 17.6. The van der Waals surface area contributed by atoms with Crippen LogP contribution in [0.1, 0.15) is 16.8 Å². The highest BCUT2D eigenvalue weighted by molar-refractivity contribution is 5.98. The van der Waals surface area contributed by atoms with Crippen LogP contribution in [0.4, 0.5) is 0 Å². The van der Waals surface area contributed by atoms with Gasteiger partial charge >= 0.3 is 11.9 Å². The molecule has 0 radical (unpaired) electrons. The van der Waals surface area contributed by atoms with Crippen LogP contribution in [0.5, 0.6) is 0 Å². The summed E-state index contributed by atoms with van der Waals surface area (Å²) < 4.78 is 10.2. The van der Waals surface area contributed by atoms with Gasteiger partial charge in [0.15, 0.2) is 12.4 Å². The summed E-state index contributed by atoms with van der Waals surface area (Å²) in [7, 11) is 1.35. The van der Waals surface area contributed by atoms with Gasteiger partial charge in [0, 0.05) is 5.56 Å². The monoisotopic (exact) mass is 340 g/mol. The summed E-state index contributed by atoms with van der Waals surface area (Å²) >= 11 is 0. The second-order valence-electron chi connectivity index (χ2n) is 7.07. The number of allylic oxidation sites excluding steroid dienone is 2. The lowest BCUT2D eigenvalue weighted by molar-refractivity contribution is -0.165. The number of benzene rings is 1. The first kappa shape index (κ1) is 16.1. The van der Waals surface area contributed by atoms with E-state index in [9.17, 15) is 14.4 Å². The van der Waals surface area contributed by atoms with Crippen molar-refractivity contribution >= 4 is 17.7 Å². The summed E-state index contributed by atoms with van der Waals surface area (Å²) in [6, 6.07) is 8.73. The second-order valence-corrected chi connectivity index (χ2v) is 7.07. The number of esters is 2. The predicted octanol–water partition coefficient (Wildman–Crippen LogP) is 2.27. The Morgan fingerprint density at radius 1 is 0.960 bits per heavy atom. The van der Waals surface area contributed by atoms with Crippen LogP contribution in [0.2, 0.25) is 0 Å². The van der Waals surface area contributed by atoms with E-state index in [0.29, 0.717) is 17.4 Å². The molecule has 4 aliphatic carbocycles. The van der Waals surface area contributed by atoms with Crippen molar-refractivity contribution < 1.29 is 23.9 Å². The van der Waals surface area contributed by atoms with Crippen molar-refractivity contribution in [3.8, 4) is 0 Å². The van der Waals surface area contributed by atoms with Gasteiger partial charge in [0.25, 0.3) is 0 Å². The highest BCUT2D eigenvalue weighted by Gasteiger charge is 2.63. The second kappa shape index (κ2) is 6.14. The maximum atomic E-state index is 12.7. The average Bonchev–Trinajstić information content (AvgIpc) is 3.47. The van der Waals surface area contributed by atoms with E-state index in [2.05, 4.69) is 6.08 Å². The largest absolute Gasteiger partial charge is 0.469 e. The highest BCUT2D eigenvalue weighted by atomic mass is 16.5. The molecule has 0 spiro atoms. The van der Waals surface area contributed by atoms with Gasteiger partial charge in [0.2, 0.25) is 0 Å². The standard InChI is InChI=1S/C20H20O5/c1-24-19(22)17-12-7-8-13(15-9-14(12)15)18(17)20(23)25-10-16(21)11-5-3-2-4-6-11/h2-8,12-15,17-18H,9-10H2,1H3/t12-,13-,14-,15-,17+,18+/m1/s1. The Labute approximate surface area is 146 Å². The van der Waals surface area contributed by atoms with Crippen LogP contribution in [-0.2, 0) is 19.1 Å². The fourth-order valence-corrected chi connectivity index (χ4v) is 4.60. The van der Waals surface area contributed by atoms with Crippen molar-refractivity contribution in [1.82, 2.24) is 0 Å². The van der Waals surface area contributed by atoms with Crippen molar-refractivity contribution in [2.24, 2.45) is 35.5 Å². The Morgan fingerprint density at radius 2 is 1.56 bits per heavy atom. The Morgan fingerprint density at radius 3 is 2.16 bits per heavy atom. The van der Waals surface area contributed by atoms with Crippen LogP contribution in [0, 0.1) is 35.5 Å². The minimum absolute atomic E-state index is 0.0124. The molecule has 0 heterocycles. The average molecular weight is 340 g/mol. The molecule has 130 valence electrons. The number of hydrogen-bond acceptors (Lipinski definition) is 5. The molecule has 0 aliphatic heterocycles. The molecule has 0 aromatic heterocycles. The topological polar surface area (TPSA) is 69.7 Å². The lowest BCUT2D eigenvalue weighted by atomic mass is 9.62. The summed E-state index contributed by atoms with van der Waals surface area (Å²) in [6.45, 7) is -0.303. The summed E-state index contributed by atoms with van der Waals surface area (Å²) in [5.74, 6) is -1.12. The Kier molecular flexibility index (Phi) is 3.94. The van der Waals surface area contributed by atoms with E-state index in [1.165, 1.54) is 7.11 Å². The van der Waals surface area contributed by atoms with Gasteiger partial charge in [-0.25, -0.2) is 0 Å². The number of carbonyl (C=O) groups is 3. The molecule has 1 aromatic carbocycles. The third kappa shape index (κ3) is 2.68. The molecule has 2 fully saturated rings. The fourth-order valence-electron chi connectivity index (χ4n) is 4.60. The molecule has 1 aromatic rings. The van der Waals surface area contributed by atoms with Gasteiger partial charge in [-0.05, 0) is 30.1 Å². The molecular formula is C20H20O5. The van der Waals surface area contributed by atoms with Crippen molar-refractivity contribution in [2.45, 2.75) is 6.42 Å². The van der Waals surface area contributed by atoms with E-state index < -0.39 is 17.8 Å². The van der Waals surface area contributed by atoms with Crippen molar-refractivity contribution in [3.63, 3.8) is 0 Å². The van der Waals surface area contributed by atoms with E-state index in [-0.39, 0.29) is 30.2 Å². The third-order valence-electron chi connectivity index (χ3n) is 5.84. The molecule has 0 saturated heterocycles. The van der Waals surface area contributed by atoms with E-state index >= 15 is 0 Å². The normalized spacial score (nSPS) is 34.1. The molecule has 2 saturated carbocycles. The third-order valence-corrected chi connectivity index (χ3v) is 5.84. The van der Waals surface area contributed by atoms with E-state index in [0.717, 1.165) is 6.42 Å². The quantitative estimate of drug-likeness (QED) is 0.467. The molecule has 5 heteroatoms. The fraction of sp³-hybridized carbons (Fsp3) is 0.450. The van der Waals surface area contributed by atoms with Gasteiger partial charge in [0.05, 0.1) is 18.9 Å². The highest BCUT2D eigenvalue weighted by Crippen LogP contribution is 2.63. The molecule has 0 amide bonds. The molecule has 5 nitrogen and oxygen atoms in total. The van der Waals surface area contributed by atoms with Gasteiger partial charge in [-0.2, -0.15) is 0 Å². The number of fused-ring (bicyclic) bond motifs is 1. The van der Waals surface area contributed by atoms with Crippen molar-refractivity contribution in [1.29, 1.82) is 0 Å². The van der Waals surface area contributed by atoms with Gasteiger partial charge in [-0.1, -0.05) is 42.5 Å². The van der Waals surface area contributed by atoms with Gasteiger partial charge in [-0.15, -0.1) is 0 Å². The zero-order valence-electron chi connectivity index (χ0n) is 14.0.